The lowest BCUT2D eigenvalue weighted by Gasteiger charge is -2.06. The van der Waals surface area contributed by atoms with Gasteiger partial charge < -0.3 is 4.74 Å². The molecule has 1 N–H and O–H groups in total. The maximum absolute atomic E-state index is 13.0. The Balaban J connectivity index is 3.12. The van der Waals surface area contributed by atoms with E-state index in [1.807, 2.05) is 0 Å². The molecular formula is C11H7FN4O2. The molecule has 0 spiro atoms. The smallest absolute Gasteiger partial charge is 0.340 e. The van der Waals surface area contributed by atoms with E-state index in [-0.39, 0.29) is 11.3 Å². The number of methoxy groups -OCH3 is 1. The van der Waals surface area contributed by atoms with Crippen molar-refractivity contribution in [2.45, 2.75) is 0 Å². The first-order chi connectivity index (χ1) is 8.62. The predicted octanol–water partition coefficient (Wildman–Crippen LogP) is 1.43. The van der Waals surface area contributed by atoms with E-state index >= 15 is 0 Å². The molecule has 6 nitrogen and oxygen atoms in total. The molecule has 0 amide bonds. The SMILES string of the molecule is COC(=O)c1ccc(F)cc1NN=C(C#N)C#N. The van der Waals surface area contributed by atoms with Crippen molar-refractivity contribution in [2.75, 3.05) is 12.5 Å². The largest absolute Gasteiger partial charge is 0.465 e. The Morgan fingerprint density at radius 3 is 2.67 bits per heavy atom. The molecule has 0 saturated heterocycles. The Hall–Kier alpha value is -2.93. The van der Waals surface area contributed by atoms with Gasteiger partial charge in [-0.2, -0.15) is 15.6 Å². The summed E-state index contributed by atoms with van der Waals surface area (Å²) in [6, 6.07) is 6.32. The first kappa shape index (κ1) is 13.1. The van der Waals surface area contributed by atoms with Crippen molar-refractivity contribution < 1.29 is 13.9 Å². The van der Waals surface area contributed by atoms with Gasteiger partial charge in [-0.3, -0.25) is 5.43 Å². The minimum absolute atomic E-state index is 0.00449. The van der Waals surface area contributed by atoms with Gasteiger partial charge in [0, 0.05) is 0 Å². The summed E-state index contributed by atoms with van der Waals surface area (Å²) in [5, 5.41) is 20.4. The van der Waals surface area contributed by atoms with Crippen LogP contribution in [0.4, 0.5) is 10.1 Å². The molecule has 1 aromatic rings. The highest BCUT2D eigenvalue weighted by Gasteiger charge is 2.12. The number of ether oxygens (including phenoxy) is 1. The third-order valence-corrected chi connectivity index (χ3v) is 1.89. The van der Waals surface area contributed by atoms with Crippen LogP contribution in [0.15, 0.2) is 23.3 Å². The van der Waals surface area contributed by atoms with Crippen LogP contribution in [0.1, 0.15) is 10.4 Å². The molecule has 0 aliphatic carbocycles. The van der Waals surface area contributed by atoms with Gasteiger partial charge in [0.2, 0.25) is 5.71 Å². The minimum atomic E-state index is -0.692. The van der Waals surface area contributed by atoms with Crippen LogP contribution in [0.25, 0.3) is 0 Å². The van der Waals surface area contributed by atoms with Crippen molar-refractivity contribution in [3.63, 3.8) is 0 Å². The van der Waals surface area contributed by atoms with E-state index in [2.05, 4.69) is 15.3 Å². The average molecular weight is 246 g/mol. The number of hydrogen-bond acceptors (Lipinski definition) is 6. The van der Waals surface area contributed by atoms with E-state index in [1.165, 1.54) is 25.3 Å². The molecule has 90 valence electrons. The van der Waals surface area contributed by atoms with Crippen LogP contribution >= 0.6 is 0 Å². The minimum Gasteiger partial charge on any atom is -0.465 e. The summed E-state index contributed by atoms with van der Waals surface area (Å²) in [6.07, 6.45) is 0. The molecule has 7 heteroatoms. The fraction of sp³-hybridized carbons (Fsp3) is 0.0909. The highest BCUT2D eigenvalue weighted by molar-refractivity contribution is 6.10. The summed E-state index contributed by atoms with van der Waals surface area (Å²) in [5.41, 5.74) is 1.87. The van der Waals surface area contributed by atoms with Crippen molar-refractivity contribution in [3.8, 4) is 12.1 Å². The number of nitriles is 2. The first-order valence-electron chi connectivity index (χ1n) is 4.64. The van der Waals surface area contributed by atoms with E-state index in [0.29, 0.717) is 0 Å². The van der Waals surface area contributed by atoms with Crippen molar-refractivity contribution in [1.82, 2.24) is 0 Å². The molecule has 0 aromatic heterocycles. The quantitative estimate of drug-likeness (QED) is 0.494. The van der Waals surface area contributed by atoms with E-state index in [4.69, 9.17) is 10.5 Å². The topological polar surface area (TPSA) is 98.3 Å². The van der Waals surface area contributed by atoms with Gasteiger partial charge in [0.1, 0.15) is 18.0 Å². The molecule has 0 unspecified atom stereocenters. The molecule has 0 atom stereocenters. The summed E-state index contributed by atoms with van der Waals surface area (Å²) < 4.78 is 17.5. The molecule has 1 rings (SSSR count). The Morgan fingerprint density at radius 1 is 1.44 bits per heavy atom. The average Bonchev–Trinajstić information content (AvgIpc) is 2.39. The van der Waals surface area contributed by atoms with Gasteiger partial charge in [0.25, 0.3) is 0 Å². The maximum atomic E-state index is 13.0. The van der Waals surface area contributed by atoms with Crippen LogP contribution in [-0.4, -0.2) is 18.8 Å². The molecule has 0 heterocycles. The zero-order valence-electron chi connectivity index (χ0n) is 9.27. The molecule has 18 heavy (non-hydrogen) atoms. The summed E-state index contributed by atoms with van der Waals surface area (Å²) in [4.78, 5) is 11.4. The number of carbonyl (C=O) groups is 1. The highest BCUT2D eigenvalue weighted by atomic mass is 19.1. The second kappa shape index (κ2) is 5.97. The second-order valence-corrected chi connectivity index (χ2v) is 2.98. The number of hydrazone groups is 1. The normalized spacial score (nSPS) is 8.67. The van der Waals surface area contributed by atoms with Gasteiger partial charge in [0.05, 0.1) is 18.4 Å². The lowest BCUT2D eigenvalue weighted by molar-refractivity contribution is 0.0602. The Morgan fingerprint density at radius 2 is 2.11 bits per heavy atom. The van der Waals surface area contributed by atoms with Crippen LogP contribution in [0, 0.1) is 28.5 Å². The number of carbonyl (C=O) groups excluding carboxylic acids is 1. The van der Waals surface area contributed by atoms with Gasteiger partial charge >= 0.3 is 5.97 Å². The van der Waals surface area contributed by atoms with Crippen molar-refractivity contribution in [1.29, 1.82) is 10.5 Å². The van der Waals surface area contributed by atoms with E-state index < -0.39 is 17.5 Å². The lowest BCUT2D eigenvalue weighted by Crippen LogP contribution is -2.07. The van der Waals surface area contributed by atoms with Crippen LogP contribution in [-0.2, 0) is 4.74 Å². The Labute approximate surface area is 102 Å². The second-order valence-electron chi connectivity index (χ2n) is 2.98. The van der Waals surface area contributed by atoms with Crippen molar-refractivity contribution in [3.05, 3.63) is 29.6 Å². The van der Waals surface area contributed by atoms with Crippen LogP contribution < -0.4 is 5.43 Å². The molecule has 0 fully saturated rings. The van der Waals surface area contributed by atoms with Gasteiger partial charge in [0.15, 0.2) is 0 Å². The lowest BCUT2D eigenvalue weighted by atomic mass is 10.2. The Kier molecular flexibility index (Phi) is 4.35. The third kappa shape index (κ3) is 3.03. The molecule has 0 radical (unpaired) electrons. The molecular weight excluding hydrogens is 239 g/mol. The zero-order chi connectivity index (χ0) is 13.5. The number of esters is 1. The Bertz CT molecular complexity index is 568. The fourth-order valence-corrected chi connectivity index (χ4v) is 1.09. The van der Waals surface area contributed by atoms with Gasteiger partial charge in [-0.1, -0.05) is 0 Å². The summed E-state index contributed by atoms with van der Waals surface area (Å²) in [6.45, 7) is 0. The fourth-order valence-electron chi connectivity index (χ4n) is 1.09. The summed E-state index contributed by atoms with van der Waals surface area (Å²) in [5.74, 6) is -1.29. The summed E-state index contributed by atoms with van der Waals surface area (Å²) >= 11 is 0. The van der Waals surface area contributed by atoms with Crippen molar-refractivity contribution >= 4 is 17.4 Å². The molecule has 0 aliphatic rings. The third-order valence-electron chi connectivity index (χ3n) is 1.89. The molecule has 0 bridgehead atoms. The number of halogens is 1. The zero-order valence-corrected chi connectivity index (χ0v) is 9.27. The van der Waals surface area contributed by atoms with Gasteiger partial charge in [-0.25, -0.2) is 9.18 Å². The molecule has 1 aromatic carbocycles. The summed E-state index contributed by atoms with van der Waals surface area (Å²) in [7, 11) is 1.18. The number of nitrogens with one attached hydrogen (secondary N) is 1. The molecule has 0 saturated carbocycles. The van der Waals surface area contributed by atoms with E-state index in [0.717, 1.165) is 12.1 Å². The predicted molar refractivity (Wildman–Crippen MR) is 60.0 cm³/mol. The standard InChI is InChI=1S/C11H7FN4O2/c1-18-11(17)9-3-2-7(12)4-10(9)16-15-8(5-13)6-14/h2-4,16H,1H3. The monoisotopic (exact) mass is 246 g/mol. The van der Waals surface area contributed by atoms with Gasteiger partial charge in [-0.05, 0) is 18.2 Å². The highest BCUT2D eigenvalue weighted by Crippen LogP contribution is 2.18. The number of nitrogens with zero attached hydrogens (tertiary/aromatic N) is 3. The van der Waals surface area contributed by atoms with Crippen molar-refractivity contribution in [2.24, 2.45) is 5.10 Å². The number of hydrogen-bond donors (Lipinski definition) is 1. The van der Waals surface area contributed by atoms with E-state index in [1.54, 1.807) is 0 Å². The number of benzene rings is 1. The van der Waals surface area contributed by atoms with E-state index in [9.17, 15) is 9.18 Å². The maximum Gasteiger partial charge on any atom is 0.340 e. The van der Waals surface area contributed by atoms with Crippen LogP contribution in [0.5, 0.6) is 0 Å². The number of anilines is 1. The van der Waals surface area contributed by atoms with Crippen LogP contribution in [0.2, 0.25) is 0 Å². The van der Waals surface area contributed by atoms with Gasteiger partial charge in [-0.15, -0.1) is 0 Å². The number of rotatable bonds is 3. The van der Waals surface area contributed by atoms with Crippen LogP contribution in [0.3, 0.4) is 0 Å². The molecule has 0 aliphatic heterocycles. The first-order valence-corrected chi connectivity index (χ1v) is 4.64.